The molecule has 53 heavy (non-hydrogen) atoms. The van der Waals surface area contributed by atoms with Crippen LogP contribution in [0, 0.1) is 5.92 Å². The van der Waals surface area contributed by atoms with Crippen molar-refractivity contribution in [1.82, 2.24) is 9.55 Å². The molecule has 12 nitrogen and oxygen atoms in total. The molecule has 0 amide bonds. The number of benzene rings is 3. The van der Waals surface area contributed by atoms with Crippen molar-refractivity contribution in [3.8, 4) is 11.5 Å². The summed E-state index contributed by atoms with van der Waals surface area (Å²) in [5.41, 5.74) is -1.54. The number of nitrogens with zero attached hydrogens (tertiary/aromatic N) is 1. The Labute approximate surface area is 296 Å². The molecular weight excluding hydrogens is 722 g/mol. The van der Waals surface area contributed by atoms with Crippen LogP contribution in [0.2, 0.25) is 0 Å². The highest BCUT2D eigenvalue weighted by Crippen LogP contribution is 2.43. The van der Waals surface area contributed by atoms with Crippen LogP contribution in [0.1, 0.15) is 22.9 Å². The maximum Gasteiger partial charge on any atom is 0.411 e. The Bertz CT molecular complexity index is 1890. The lowest BCUT2D eigenvalue weighted by atomic mass is 9.80. The zero-order chi connectivity index (χ0) is 38.6. The van der Waals surface area contributed by atoms with Gasteiger partial charge in [0.15, 0.2) is 13.0 Å². The van der Waals surface area contributed by atoms with Crippen molar-refractivity contribution in [2.45, 2.75) is 42.5 Å². The summed E-state index contributed by atoms with van der Waals surface area (Å²) in [5.74, 6) is -6.11. The molecule has 1 aromatic heterocycles. The number of carbonyl (C=O) groups is 1. The van der Waals surface area contributed by atoms with Gasteiger partial charge in [0.25, 0.3) is 5.56 Å². The molecule has 0 bridgehead atoms. The van der Waals surface area contributed by atoms with Crippen LogP contribution in [0.4, 0.5) is 26.3 Å². The number of H-pyrrole nitrogens is 1. The molecule has 0 aliphatic carbocycles. The predicted octanol–water partition coefficient (Wildman–Crippen LogP) is 4.45. The van der Waals surface area contributed by atoms with Crippen LogP contribution in [0.15, 0.2) is 101 Å². The summed E-state index contributed by atoms with van der Waals surface area (Å²) in [7, 11) is 2.99. The van der Waals surface area contributed by atoms with Gasteiger partial charge in [-0.15, -0.1) is 0 Å². The zero-order valence-electron chi connectivity index (χ0n) is 27.8. The number of hydrogen-bond donors (Lipinski definition) is 2. The maximum atomic E-state index is 13.1. The first-order valence-electron chi connectivity index (χ1n) is 15.7. The molecule has 18 heteroatoms. The summed E-state index contributed by atoms with van der Waals surface area (Å²) in [4.78, 5) is 38.4. The highest BCUT2D eigenvalue weighted by atomic mass is 19.4. The molecule has 4 atom stereocenters. The second-order valence-electron chi connectivity index (χ2n) is 11.6. The van der Waals surface area contributed by atoms with Gasteiger partial charge < -0.3 is 33.5 Å². The number of esters is 1. The van der Waals surface area contributed by atoms with E-state index in [1.54, 1.807) is 78.9 Å². The Morgan fingerprint density at radius 3 is 1.85 bits per heavy atom. The van der Waals surface area contributed by atoms with Gasteiger partial charge in [-0.1, -0.05) is 54.6 Å². The lowest BCUT2D eigenvalue weighted by Gasteiger charge is -2.37. The third kappa shape index (κ3) is 8.40. The average molecular weight is 755 g/mol. The molecule has 5 rings (SSSR count). The first-order chi connectivity index (χ1) is 25.1. The SMILES string of the molecule is COc1ccc(C(OC[C@H]2O[C@@H](n3ccc(=O)[nH]c3=O)[C@H](OCOC(=O)C(C(F)(F)F)C(F)(F)F)[C@@H]2O)(c2ccccc2)c2ccc(OC)cc2)cc1. The van der Waals surface area contributed by atoms with E-state index in [9.17, 15) is 45.8 Å². The molecule has 0 unspecified atom stereocenters. The van der Waals surface area contributed by atoms with E-state index in [1.807, 2.05) is 4.98 Å². The van der Waals surface area contributed by atoms with Gasteiger partial charge in [-0.3, -0.25) is 19.1 Å². The minimum atomic E-state index is -6.03. The molecule has 3 aromatic carbocycles. The van der Waals surface area contributed by atoms with Crippen molar-refractivity contribution < 1.29 is 64.7 Å². The summed E-state index contributed by atoms with van der Waals surface area (Å²) >= 11 is 0. The number of aliphatic hydroxyl groups is 1. The van der Waals surface area contributed by atoms with Gasteiger partial charge in [0.2, 0.25) is 5.92 Å². The largest absolute Gasteiger partial charge is 0.497 e. The molecular formula is C35H32F6N2O10. The summed E-state index contributed by atoms with van der Waals surface area (Å²) in [6.45, 7) is -1.99. The van der Waals surface area contributed by atoms with Crippen molar-refractivity contribution >= 4 is 5.97 Å². The second-order valence-corrected chi connectivity index (χ2v) is 11.6. The van der Waals surface area contributed by atoms with E-state index in [0.717, 1.165) is 16.8 Å². The molecule has 1 saturated heterocycles. The molecule has 2 N–H and O–H groups in total. The Morgan fingerprint density at radius 1 is 0.830 bits per heavy atom. The van der Waals surface area contributed by atoms with E-state index in [2.05, 4.69) is 4.74 Å². The van der Waals surface area contributed by atoms with E-state index < -0.39 is 79.0 Å². The fraction of sp³-hybridized carbons (Fsp3) is 0.343. The van der Waals surface area contributed by atoms with Gasteiger partial charge in [-0.2, -0.15) is 26.3 Å². The van der Waals surface area contributed by atoms with Crippen molar-refractivity contribution in [2.24, 2.45) is 5.92 Å². The summed E-state index contributed by atoms with van der Waals surface area (Å²) in [6, 6.07) is 23.6. The van der Waals surface area contributed by atoms with Crippen LogP contribution in [0.25, 0.3) is 0 Å². The molecule has 0 spiro atoms. The highest BCUT2D eigenvalue weighted by molar-refractivity contribution is 5.74. The molecule has 2 heterocycles. The number of hydrogen-bond acceptors (Lipinski definition) is 10. The topological polar surface area (TPSA) is 148 Å². The summed E-state index contributed by atoms with van der Waals surface area (Å²) < 4.78 is 112. The molecule has 0 radical (unpaired) electrons. The van der Waals surface area contributed by atoms with Crippen LogP contribution in [-0.2, 0) is 29.3 Å². The van der Waals surface area contributed by atoms with Gasteiger partial charge in [0, 0.05) is 12.3 Å². The lowest BCUT2D eigenvalue weighted by Crippen LogP contribution is -2.44. The highest BCUT2D eigenvalue weighted by Gasteiger charge is 2.62. The molecule has 284 valence electrons. The third-order valence-electron chi connectivity index (χ3n) is 8.43. The van der Waals surface area contributed by atoms with Crippen LogP contribution in [0.3, 0.4) is 0 Å². The quantitative estimate of drug-likeness (QED) is 0.0869. The number of aromatic nitrogens is 2. The molecule has 0 saturated carbocycles. The van der Waals surface area contributed by atoms with Crippen LogP contribution < -0.4 is 20.7 Å². The first-order valence-corrected chi connectivity index (χ1v) is 15.7. The summed E-state index contributed by atoms with van der Waals surface area (Å²) in [5, 5.41) is 11.5. The Morgan fingerprint density at radius 2 is 1.36 bits per heavy atom. The minimum absolute atomic E-state index is 0.480. The van der Waals surface area contributed by atoms with Crippen LogP contribution >= 0.6 is 0 Å². The van der Waals surface area contributed by atoms with Crippen molar-refractivity contribution in [3.63, 3.8) is 0 Å². The Kier molecular flexibility index (Phi) is 11.7. The van der Waals surface area contributed by atoms with E-state index in [1.165, 1.54) is 14.2 Å². The van der Waals surface area contributed by atoms with Crippen LogP contribution in [-0.4, -0.2) is 78.9 Å². The standard InChI is InChI=1S/C35H32F6N2O10/c1-48-23-12-8-21(9-13-23)33(20-6-4-3-5-7-20,22-10-14-24(49-2)15-11-22)52-18-25-27(45)28(30(53-25)43-17-16-26(44)42-32(43)47)50-19-51-31(46)29(34(36,37)38)35(39,40)41/h3-17,25,27-30,45H,18-19H2,1-2H3,(H,42,44,47)/t25-,27-,28-,30-/m1/s1. The van der Waals surface area contributed by atoms with E-state index >= 15 is 0 Å². The van der Waals surface area contributed by atoms with Crippen LogP contribution in [0.5, 0.6) is 11.5 Å². The zero-order valence-corrected chi connectivity index (χ0v) is 27.8. The van der Waals surface area contributed by atoms with Gasteiger partial charge in [-0.05, 0) is 41.0 Å². The molecule has 1 fully saturated rings. The predicted molar refractivity (Wildman–Crippen MR) is 171 cm³/mol. The van der Waals surface area contributed by atoms with E-state index in [0.29, 0.717) is 28.2 Å². The number of aromatic amines is 1. The Balaban J connectivity index is 1.50. The maximum absolute atomic E-state index is 13.1. The Hall–Kier alpha value is -5.17. The molecule has 4 aromatic rings. The lowest BCUT2D eigenvalue weighted by molar-refractivity contribution is -0.285. The number of carbonyl (C=O) groups excluding carboxylic acids is 1. The number of halogens is 6. The number of methoxy groups -OCH3 is 2. The normalized spacial score (nSPS) is 19.3. The van der Waals surface area contributed by atoms with E-state index in [4.69, 9.17) is 23.7 Å². The number of alkyl halides is 6. The van der Waals surface area contributed by atoms with Gasteiger partial charge >= 0.3 is 24.0 Å². The average Bonchev–Trinajstić information content (AvgIpc) is 3.42. The van der Waals surface area contributed by atoms with E-state index in [-0.39, 0.29) is 0 Å². The number of nitrogens with one attached hydrogen (secondary N) is 1. The molecule has 1 aliphatic heterocycles. The number of ether oxygens (including phenoxy) is 6. The van der Waals surface area contributed by atoms with Crippen molar-refractivity contribution in [3.05, 3.63) is 129 Å². The van der Waals surface area contributed by atoms with Gasteiger partial charge in [0.05, 0.1) is 20.8 Å². The second kappa shape index (κ2) is 15.8. The molecule has 1 aliphatic rings. The van der Waals surface area contributed by atoms with Gasteiger partial charge in [-0.25, -0.2) is 4.79 Å². The monoisotopic (exact) mass is 754 g/mol. The number of rotatable bonds is 13. The number of aliphatic hydroxyl groups excluding tert-OH is 1. The first kappa shape index (κ1) is 39.0. The minimum Gasteiger partial charge on any atom is -0.497 e. The fourth-order valence-electron chi connectivity index (χ4n) is 5.88. The van der Waals surface area contributed by atoms with Gasteiger partial charge in [0.1, 0.15) is 35.4 Å². The van der Waals surface area contributed by atoms with Crippen molar-refractivity contribution in [2.75, 3.05) is 27.6 Å². The fourth-order valence-corrected chi connectivity index (χ4v) is 5.88. The smallest absolute Gasteiger partial charge is 0.411 e. The van der Waals surface area contributed by atoms with Crippen molar-refractivity contribution in [1.29, 1.82) is 0 Å². The third-order valence-corrected chi connectivity index (χ3v) is 8.43. The summed E-state index contributed by atoms with van der Waals surface area (Å²) in [6.07, 6.45) is -17.7.